The van der Waals surface area contributed by atoms with Crippen LogP contribution in [0.25, 0.3) is 0 Å². The molecule has 16 heteroatoms. The average molecular weight is 601 g/mol. The van der Waals surface area contributed by atoms with Gasteiger partial charge in [-0.15, -0.1) is 0 Å². The van der Waals surface area contributed by atoms with Gasteiger partial charge in [0.15, 0.2) is 0 Å². The third kappa shape index (κ3) is 13.4. The molecule has 2 aliphatic rings. The molecule has 1 spiro atoms. The number of halogens is 6. The molecule has 3 rings (SSSR count). The third-order valence-corrected chi connectivity index (χ3v) is 6.33. The second kappa shape index (κ2) is 16.3. The molecule has 3 heterocycles. The van der Waals surface area contributed by atoms with Gasteiger partial charge in [-0.05, 0) is 30.9 Å². The first-order valence-electron chi connectivity index (χ1n) is 12.7. The second-order valence-corrected chi connectivity index (χ2v) is 9.46. The summed E-state index contributed by atoms with van der Waals surface area (Å²) in [7, 11) is 0. The van der Waals surface area contributed by atoms with Crippen LogP contribution in [0.5, 0.6) is 0 Å². The summed E-state index contributed by atoms with van der Waals surface area (Å²) in [5, 5.41) is 26.4. The number of carboxylic acids is 2. The fourth-order valence-corrected chi connectivity index (χ4v) is 4.10. The molecule has 2 atom stereocenters. The summed E-state index contributed by atoms with van der Waals surface area (Å²) in [4.78, 5) is 24.6. The van der Waals surface area contributed by atoms with Gasteiger partial charge in [-0.3, -0.25) is 4.90 Å². The maximum absolute atomic E-state index is 10.6. The summed E-state index contributed by atoms with van der Waals surface area (Å²) in [5.41, 5.74) is 0.400. The Labute approximate surface area is 233 Å². The minimum absolute atomic E-state index is 0.166. The summed E-state index contributed by atoms with van der Waals surface area (Å²) in [5.74, 6) is -3.98. The van der Waals surface area contributed by atoms with Crippen molar-refractivity contribution in [3.05, 3.63) is 23.9 Å². The lowest BCUT2D eigenvalue weighted by Crippen LogP contribution is -2.46. The maximum atomic E-state index is 10.6. The molecule has 2 unspecified atom stereocenters. The van der Waals surface area contributed by atoms with Crippen molar-refractivity contribution in [1.82, 2.24) is 9.88 Å². The van der Waals surface area contributed by atoms with Crippen LogP contribution in [0.4, 0.5) is 32.2 Å². The molecular weight excluding hydrogens is 566 g/mol. The Hall–Kier alpha value is -3.16. The van der Waals surface area contributed by atoms with E-state index in [1.165, 1.54) is 12.8 Å². The Morgan fingerprint density at radius 1 is 1.17 bits per heavy atom. The summed E-state index contributed by atoms with van der Waals surface area (Å²) in [6.45, 7) is 9.88. The molecule has 3 N–H and O–H groups in total. The molecule has 0 aliphatic carbocycles. The molecule has 0 radical (unpaired) electrons. The molecule has 2 saturated heterocycles. The van der Waals surface area contributed by atoms with E-state index in [1.807, 2.05) is 6.07 Å². The van der Waals surface area contributed by atoms with E-state index in [2.05, 4.69) is 35.1 Å². The number of aliphatic carboxylic acids is 2. The highest BCUT2D eigenvalue weighted by atomic mass is 19.4. The van der Waals surface area contributed by atoms with Crippen LogP contribution in [0.1, 0.15) is 45.1 Å². The third-order valence-electron chi connectivity index (χ3n) is 6.33. The molecule has 0 bridgehead atoms. The van der Waals surface area contributed by atoms with Gasteiger partial charge < -0.3 is 25.0 Å². The molecule has 1 aromatic rings. The maximum Gasteiger partial charge on any atom is 0.490 e. The molecule has 0 saturated carbocycles. The van der Waals surface area contributed by atoms with Crippen molar-refractivity contribution in [3.63, 3.8) is 0 Å². The number of ether oxygens (including phenoxy) is 2. The Morgan fingerprint density at radius 3 is 2.22 bits per heavy atom. The number of carbonyl (C=O) groups is 2. The van der Waals surface area contributed by atoms with Gasteiger partial charge in [0, 0.05) is 32.4 Å². The van der Waals surface area contributed by atoms with E-state index in [-0.39, 0.29) is 11.7 Å². The molecule has 1 aromatic heterocycles. The van der Waals surface area contributed by atoms with Gasteiger partial charge in [-0.2, -0.15) is 31.6 Å². The first kappa shape index (κ1) is 35.9. The molecular formula is C25H34F6N4O6. The second-order valence-electron chi connectivity index (χ2n) is 9.46. The van der Waals surface area contributed by atoms with Gasteiger partial charge in [0.25, 0.3) is 0 Å². The zero-order chi connectivity index (χ0) is 31.3. The lowest BCUT2D eigenvalue weighted by atomic mass is 9.98. The summed E-state index contributed by atoms with van der Waals surface area (Å²) < 4.78 is 75.9. The van der Waals surface area contributed by atoms with Crippen LogP contribution in [-0.4, -0.2) is 95.5 Å². The topological polar surface area (TPSA) is 145 Å². The Bertz CT molecular complexity index is 974. The first-order chi connectivity index (χ1) is 19.0. The van der Waals surface area contributed by atoms with E-state index in [4.69, 9.17) is 34.5 Å². The van der Waals surface area contributed by atoms with Gasteiger partial charge in [0.2, 0.25) is 0 Å². The zero-order valence-corrected chi connectivity index (χ0v) is 22.6. The Morgan fingerprint density at radius 2 is 1.76 bits per heavy atom. The van der Waals surface area contributed by atoms with Crippen LogP contribution in [-0.2, 0) is 19.1 Å². The largest absolute Gasteiger partial charge is 0.490 e. The predicted molar refractivity (Wildman–Crippen MR) is 133 cm³/mol. The van der Waals surface area contributed by atoms with Gasteiger partial charge >= 0.3 is 24.3 Å². The van der Waals surface area contributed by atoms with E-state index < -0.39 is 24.3 Å². The van der Waals surface area contributed by atoms with Crippen molar-refractivity contribution in [1.29, 1.82) is 5.26 Å². The van der Waals surface area contributed by atoms with E-state index in [0.717, 1.165) is 57.4 Å². The molecule has 232 valence electrons. The Balaban J connectivity index is 0.000000497. The van der Waals surface area contributed by atoms with Crippen molar-refractivity contribution < 1.29 is 55.6 Å². The fraction of sp³-hybridized carbons (Fsp3) is 0.680. The number of anilines is 1. The van der Waals surface area contributed by atoms with E-state index in [0.29, 0.717) is 12.2 Å². The lowest BCUT2D eigenvalue weighted by molar-refractivity contribution is -0.193. The number of alkyl halides is 6. The van der Waals surface area contributed by atoms with Crippen molar-refractivity contribution >= 4 is 17.8 Å². The minimum atomic E-state index is -5.08. The van der Waals surface area contributed by atoms with Crippen LogP contribution in [0, 0.1) is 17.2 Å². The Kier molecular flexibility index (Phi) is 14.3. The smallest absolute Gasteiger partial charge is 0.475 e. The highest BCUT2D eigenvalue weighted by molar-refractivity contribution is 5.73. The number of nitrogens with zero attached hydrogens (tertiary/aromatic N) is 3. The molecule has 0 amide bonds. The monoisotopic (exact) mass is 600 g/mol. The van der Waals surface area contributed by atoms with Gasteiger partial charge in [-0.25, -0.2) is 14.6 Å². The number of hydrogen-bond acceptors (Lipinski definition) is 8. The predicted octanol–water partition coefficient (Wildman–Crippen LogP) is 4.32. The number of pyridine rings is 1. The zero-order valence-electron chi connectivity index (χ0n) is 22.6. The first-order valence-corrected chi connectivity index (χ1v) is 12.7. The van der Waals surface area contributed by atoms with Gasteiger partial charge in [0.1, 0.15) is 17.5 Å². The van der Waals surface area contributed by atoms with Crippen LogP contribution >= 0.6 is 0 Å². The highest BCUT2D eigenvalue weighted by Gasteiger charge is 2.43. The molecule has 41 heavy (non-hydrogen) atoms. The SMILES string of the molecule is CCC(CC)CN1CCOCC2(CCC(CNc3ccc(C#N)cn3)O2)C1.O=C(O)C(F)(F)F.O=C(O)C(F)(F)F. The van der Waals surface area contributed by atoms with Crippen LogP contribution < -0.4 is 5.32 Å². The summed E-state index contributed by atoms with van der Waals surface area (Å²) in [6.07, 6.45) is -3.88. The number of aromatic nitrogens is 1. The van der Waals surface area contributed by atoms with Crippen molar-refractivity contribution in [2.24, 2.45) is 5.92 Å². The number of nitrogens with one attached hydrogen (secondary N) is 1. The van der Waals surface area contributed by atoms with Crippen molar-refractivity contribution in [2.45, 2.75) is 63.6 Å². The molecule has 0 aromatic carbocycles. The van der Waals surface area contributed by atoms with Crippen LogP contribution in [0.3, 0.4) is 0 Å². The van der Waals surface area contributed by atoms with Gasteiger partial charge in [-0.1, -0.05) is 26.7 Å². The number of carboxylic acid groups (broad SMARTS) is 2. The normalized spacial score (nSPS) is 21.1. The quantitative estimate of drug-likeness (QED) is 0.387. The van der Waals surface area contributed by atoms with E-state index >= 15 is 0 Å². The van der Waals surface area contributed by atoms with Gasteiger partial charge in [0.05, 0.1) is 24.9 Å². The van der Waals surface area contributed by atoms with E-state index in [9.17, 15) is 26.3 Å². The number of hydrogen-bond donors (Lipinski definition) is 3. The molecule has 10 nitrogen and oxygen atoms in total. The minimum Gasteiger partial charge on any atom is -0.475 e. The number of rotatable bonds is 7. The summed E-state index contributed by atoms with van der Waals surface area (Å²) in [6, 6.07) is 5.71. The highest BCUT2D eigenvalue weighted by Crippen LogP contribution is 2.33. The fourth-order valence-electron chi connectivity index (χ4n) is 4.10. The summed E-state index contributed by atoms with van der Waals surface area (Å²) >= 11 is 0. The average Bonchev–Trinajstić information content (AvgIpc) is 3.19. The number of nitriles is 1. The molecule has 2 aliphatic heterocycles. The van der Waals surface area contributed by atoms with Crippen LogP contribution in [0.2, 0.25) is 0 Å². The van der Waals surface area contributed by atoms with Crippen molar-refractivity contribution in [3.8, 4) is 6.07 Å². The van der Waals surface area contributed by atoms with Crippen LogP contribution in [0.15, 0.2) is 18.3 Å². The lowest BCUT2D eigenvalue weighted by Gasteiger charge is -2.33. The standard InChI is InChI=1S/C21H32N4O2.2C2HF3O2/c1-3-17(4-2)14-25-9-10-26-16-21(15-25)8-7-19(27-21)13-24-20-6-5-18(11-22)12-23-20;2*3-2(4,5)1(6)7/h5-6,12,17,19H,3-4,7-10,13-16H2,1-2H3,(H,23,24);2*(H,6,7). The molecule has 2 fully saturated rings. The van der Waals surface area contributed by atoms with Crippen molar-refractivity contribution in [2.75, 3.05) is 44.7 Å². The van der Waals surface area contributed by atoms with E-state index in [1.54, 1.807) is 12.3 Å².